The van der Waals surface area contributed by atoms with E-state index in [1.807, 2.05) is 0 Å². The third-order valence-corrected chi connectivity index (χ3v) is 3.44. The number of rotatable bonds is 7. The van der Waals surface area contributed by atoms with Gasteiger partial charge in [-0.1, -0.05) is 44.5 Å². The number of nitrogens with one attached hydrogen (secondary N) is 1. The van der Waals surface area contributed by atoms with Gasteiger partial charge in [0.05, 0.1) is 0 Å². The predicted octanol–water partition coefficient (Wildman–Crippen LogP) is 4.09. The molecule has 1 aromatic rings. The molecule has 0 aromatic heterocycles. The van der Waals surface area contributed by atoms with E-state index in [0.29, 0.717) is 12.1 Å². The van der Waals surface area contributed by atoms with E-state index >= 15 is 0 Å². The van der Waals surface area contributed by atoms with E-state index in [4.69, 9.17) is 0 Å². The summed E-state index contributed by atoms with van der Waals surface area (Å²) in [6, 6.07) is 9.94. The van der Waals surface area contributed by atoms with Crippen molar-refractivity contribution in [3.05, 3.63) is 35.4 Å². The molecule has 0 spiro atoms. The molecule has 0 radical (unpaired) electrons. The molecule has 17 heavy (non-hydrogen) atoms. The lowest BCUT2D eigenvalue weighted by Gasteiger charge is -2.22. The van der Waals surface area contributed by atoms with Crippen LogP contribution in [0, 0.1) is 6.92 Å². The second-order valence-corrected chi connectivity index (χ2v) is 5.09. The van der Waals surface area contributed by atoms with Crippen LogP contribution in [0.1, 0.15) is 51.2 Å². The summed E-state index contributed by atoms with van der Waals surface area (Å²) in [5.74, 6) is 0. The SMILES string of the molecule is CCCC(CC)NC(C)Cc1ccccc1C. The molecule has 0 bridgehead atoms. The summed E-state index contributed by atoms with van der Waals surface area (Å²) >= 11 is 0. The van der Waals surface area contributed by atoms with Crippen molar-refractivity contribution < 1.29 is 0 Å². The normalized spacial score (nSPS) is 14.6. The largest absolute Gasteiger partial charge is 0.311 e. The van der Waals surface area contributed by atoms with Crippen molar-refractivity contribution >= 4 is 0 Å². The number of benzene rings is 1. The van der Waals surface area contributed by atoms with E-state index in [2.05, 4.69) is 57.3 Å². The maximum atomic E-state index is 3.74. The van der Waals surface area contributed by atoms with Gasteiger partial charge in [0.25, 0.3) is 0 Å². The maximum absolute atomic E-state index is 3.74. The third-order valence-electron chi connectivity index (χ3n) is 3.44. The van der Waals surface area contributed by atoms with Gasteiger partial charge in [0.2, 0.25) is 0 Å². The van der Waals surface area contributed by atoms with Crippen molar-refractivity contribution in [2.24, 2.45) is 0 Å². The molecule has 1 N–H and O–H groups in total. The lowest BCUT2D eigenvalue weighted by Crippen LogP contribution is -2.37. The van der Waals surface area contributed by atoms with Gasteiger partial charge >= 0.3 is 0 Å². The highest BCUT2D eigenvalue weighted by molar-refractivity contribution is 5.26. The van der Waals surface area contributed by atoms with Crippen molar-refractivity contribution in [3.63, 3.8) is 0 Å². The van der Waals surface area contributed by atoms with Gasteiger partial charge in [0.15, 0.2) is 0 Å². The average molecular weight is 233 g/mol. The Bertz CT molecular complexity index is 319. The van der Waals surface area contributed by atoms with Gasteiger partial charge in [-0.2, -0.15) is 0 Å². The topological polar surface area (TPSA) is 12.0 Å². The molecule has 1 rings (SSSR count). The zero-order valence-corrected chi connectivity index (χ0v) is 11.8. The summed E-state index contributed by atoms with van der Waals surface area (Å²) in [6.45, 7) is 9.03. The van der Waals surface area contributed by atoms with Crippen LogP contribution in [0.5, 0.6) is 0 Å². The molecule has 2 atom stereocenters. The van der Waals surface area contributed by atoms with E-state index in [9.17, 15) is 0 Å². The highest BCUT2D eigenvalue weighted by Gasteiger charge is 2.10. The number of aryl methyl sites for hydroxylation is 1. The van der Waals surface area contributed by atoms with Crippen molar-refractivity contribution in [2.75, 3.05) is 0 Å². The van der Waals surface area contributed by atoms with Crippen LogP contribution in [0.15, 0.2) is 24.3 Å². The molecule has 0 aliphatic carbocycles. The van der Waals surface area contributed by atoms with Gasteiger partial charge in [-0.15, -0.1) is 0 Å². The molecule has 1 aromatic carbocycles. The monoisotopic (exact) mass is 233 g/mol. The van der Waals surface area contributed by atoms with Crippen LogP contribution in [-0.4, -0.2) is 12.1 Å². The van der Waals surface area contributed by atoms with Crippen molar-refractivity contribution in [1.82, 2.24) is 5.32 Å². The fourth-order valence-electron chi connectivity index (χ4n) is 2.38. The molecular weight excluding hydrogens is 206 g/mol. The highest BCUT2D eigenvalue weighted by atomic mass is 14.9. The summed E-state index contributed by atoms with van der Waals surface area (Å²) in [5.41, 5.74) is 2.88. The average Bonchev–Trinajstić information content (AvgIpc) is 2.31. The van der Waals surface area contributed by atoms with Crippen LogP contribution in [-0.2, 0) is 6.42 Å². The van der Waals surface area contributed by atoms with Crippen LogP contribution < -0.4 is 5.32 Å². The number of hydrogen-bond donors (Lipinski definition) is 1. The molecule has 0 amide bonds. The van der Waals surface area contributed by atoms with Gasteiger partial charge in [-0.3, -0.25) is 0 Å². The molecule has 0 saturated heterocycles. The lowest BCUT2D eigenvalue weighted by molar-refractivity contribution is 0.408. The fourth-order valence-corrected chi connectivity index (χ4v) is 2.38. The summed E-state index contributed by atoms with van der Waals surface area (Å²) < 4.78 is 0. The molecule has 0 saturated carbocycles. The second-order valence-electron chi connectivity index (χ2n) is 5.09. The first-order chi connectivity index (χ1) is 8.17. The van der Waals surface area contributed by atoms with Crippen LogP contribution in [0.25, 0.3) is 0 Å². The second kappa shape index (κ2) is 7.50. The molecule has 0 aliphatic heterocycles. The smallest absolute Gasteiger partial charge is 0.00818 e. The van der Waals surface area contributed by atoms with Gasteiger partial charge in [-0.05, 0) is 44.2 Å². The standard InChI is InChI=1S/C16H27N/c1-5-9-16(6-2)17-14(4)12-15-11-8-7-10-13(15)3/h7-8,10-11,14,16-17H,5-6,9,12H2,1-4H3. The van der Waals surface area contributed by atoms with Crippen molar-refractivity contribution in [1.29, 1.82) is 0 Å². The van der Waals surface area contributed by atoms with Crippen LogP contribution >= 0.6 is 0 Å². The number of hydrogen-bond acceptors (Lipinski definition) is 1. The minimum atomic E-state index is 0.563. The summed E-state index contributed by atoms with van der Waals surface area (Å²) in [5, 5.41) is 3.74. The van der Waals surface area contributed by atoms with E-state index in [1.165, 1.54) is 30.4 Å². The van der Waals surface area contributed by atoms with E-state index < -0.39 is 0 Å². The Kier molecular flexibility index (Phi) is 6.28. The van der Waals surface area contributed by atoms with E-state index in [1.54, 1.807) is 0 Å². The Labute approximate surface area is 107 Å². The summed E-state index contributed by atoms with van der Waals surface area (Å²) in [6.07, 6.45) is 4.91. The quantitative estimate of drug-likeness (QED) is 0.748. The zero-order valence-electron chi connectivity index (χ0n) is 11.8. The van der Waals surface area contributed by atoms with Gasteiger partial charge in [0, 0.05) is 12.1 Å². The minimum Gasteiger partial charge on any atom is -0.311 e. The molecule has 96 valence electrons. The van der Waals surface area contributed by atoms with Crippen LogP contribution in [0.3, 0.4) is 0 Å². The predicted molar refractivity (Wildman–Crippen MR) is 76.5 cm³/mol. The van der Waals surface area contributed by atoms with E-state index in [0.717, 1.165) is 6.42 Å². The molecule has 1 heteroatoms. The van der Waals surface area contributed by atoms with Gasteiger partial charge in [-0.25, -0.2) is 0 Å². The third kappa shape index (κ3) is 4.91. The van der Waals surface area contributed by atoms with Gasteiger partial charge < -0.3 is 5.32 Å². The molecule has 0 aliphatic rings. The summed E-state index contributed by atoms with van der Waals surface area (Å²) in [7, 11) is 0. The fraction of sp³-hybridized carbons (Fsp3) is 0.625. The maximum Gasteiger partial charge on any atom is 0.00818 e. The van der Waals surface area contributed by atoms with E-state index in [-0.39, 0.29) is 0 Å². The molecule has 1 nitrogen and oxygen atoms in total. The van der Waals surface area contributed by atoms with Gasteiger partial charge in [0.1, 0.15) is 0 Å². The molecule has 2 unspecified atom stereocenters. The molecule has 0 fully saturated rings. The Balaban J connectivity index is 2.49. The van der Waals surface area contributed by atoms with Crippen LogP contribution in [0.2, 0.25) is 0 Å². The van der Waals surface area contributed by atoms with Crippen molar-refractivity contribution in [3.8, 4) is 0 Å². The summed E-state index contributed by atoms with van der Waals surface area (Å²) in [4.78, 5) is 0. The lowest BCUT2D eigenvalue weighted by atomic mass is 10.0. The zero-order chi connectivity index (χ0) is 12.7. The Morgan fingerprint density at radius 2 is 1.88 bits per heavy atom. The first-order valence-corrected chi connectivity index (χ1v) is 6.97. The molecule has 0 heterocycles. The minimum absolute atomic E-state index is 0.563. The Morgan fingerprint density at radius 1 is 1.18 bits per heavy atom. The highest BCUT2D eigenvalue weighted by Crippen LogP contribution is 2.11. The molecular formula is C16H27N. The first kappa shape index (κ1) is 14.2. The Morgan fingerprint density at radius 3 is 2.47 bits per heavy atom. The Hall–Kier alpha value is -0.820. The van der Waals surface area contributed by atoms with Crippen LogP contribution in [0.4, 0.5) is 0 Å². The van der Waals surface area contributed by atoms with Crippen molar-refractivity contribution in [2.45, 2.75) is 65.5 Å². The first-order valence-electron chi connectivity index (χ1n) is 6.97.